The Morgan fingerprint density at radius 3 is 2.41 bits per heavy atom. The summed E-state index contributed by atoms with van der Waals surface area (Å²) in [5.74, 6) is 0.586. The molecule has 0 aliphatic carbocycles. The van der Waals surface area contributed by atoms with Gasteiger partial charge in [-0.2, -0.15) is 0 Å². The molecule has 0 aliphatic rings. The topological polar surface area (TPSA) is 47.6 Å². The van der Waals surface area contributed by atoms with Crippen LogP contribution in [-0.4, -0.2) is 32.3 Å². The van der Waals surface area contributed by atoms with Crippen molar-refractivity contribution >= 4 is 40.7 Å². The van der Waals surface area contributed by atoms with E-state index in [0.29, 0.717) is 30.7 Å². The lowest BCUT2D eigenvalue weighted by molar-refractivity contribution is -0.123. The van der Waals surface area contributed by atoms with Gasteiger partial charge in [0.05, 0.1) is 16.7 Å². The molecule has 0 spiro atoms. The molecule has 0 saturated carbocycles. The zero-order chi connectivity index (χ0) is 16.5. The fraction of sp³-hybridized carbons (Fsp3) is 0.533. The first-order valence-electron chi connectivity index (χ1n) is 7.02. The molecule has 1 N–H and O–H groups in total. The average molecular weight is 369 g/mol. The van der Waals surface area contributed by atoms with Crippen LogP contribution < -0.4 is 10.1 Å². The van der Waals surface area contributed by atoms with Gasteiger partial charge >= 0.3 is 0 Å². The SMILES string of the molecule is CC(C)CCOCCNC(=O)COc1c(Cl)cc(Cl)cc1Cl. The van der Waals surface area contributed by atoms with Crippen molar-refractivity contribution < 1.29 is 14.3 Å². The van der Waals surface area contributed by atoms with Gasteiger partial charge in [-0.05, 0) is 24.5 Å². The fourth-order valence-corrected chi connectivity index (χ4v) is 2.47. The number of benzene rings is 1. The van der Waals surface area contributed by atoms with Crippen LogP contribution in [0.25, 0.3) is 0 Å². The number of hydrogen-bond donors (Lipinski definition) is 1. The maximum Gasteiger partial charge on any atom is 0.258 e. The summed E-state index contributed by atoms with van der Waals surface area (Å²) in [6.45, 7) is 5.70. The molecule has 1 rings (SSSR count). The lowest BCUT2D eigenvalue weighted by Gasteiger charge is -2.11. The molecule has 1 amide bonds. The van der Waals surface area contributed by atoms with Crippen molar-refractivity contribution in [3.63, 3.8) is 0 Å². The van der Waals surface area contributed by atoms with Gasteiger partial charge in [0, 0.05) is 18.2 Å². The summed E-state index contributed by atoms with van der Waals surface area (Å²) in [7, 11) is 0. The fourth-order valence-electron chi connectivity index (χ4n) is 1.54. The molecule has 0 unspecified atom stereocenters. The molecule has 22 heavy (non-hydrogen) atoms. The van der Waals surface area contributed by atoms with Gasteiger partial charge in [-0.1, -0.05) is 48.7 Å². The minimum atomic E-state index is -0.269. The van der Waals surface area contributed by atoms with E-state index in [-0.39, 0.29) is 28.3 Å². The van der Waals surface area contributed by atoms with Crippen molar-refractivity contribution in [1.82, 2.24) is 5.32 Å². The number of carbonyl (C=O) groups is 1. The third-order valence-corrected chi connectivity index (χ3v) is 3.50. The van der Waals surface area contributed by atoms with E-state index < -0.39 is 0 Å². The van der Waals surface area contributed by atoms with Gasteiger partial charge in [-0.15, -0.1) is 0 Å². The van der Waals surface area contributed by atoms with Gasteiger partial charge in [0.2, 0.25) is 0 Å². The highest BCUT2D eigenvalue weighted by molar-refractivity contribution is 6.40. The molecule has 0 heterocycles. The monoisotopic (exact) mass is 367 g/mol. The number of ether oxygens (including phenoxy) is 2. The zero-order valence-electron chi connectivity index (χ0n) is 12.6. The third kappa shape index (κ3) is 7.54. The standard InChI is InChI=1S/C15H20Cl3NO3/c1-10(2)3-5-21-6-4-19-14(20)9-22-15-12(17)7-11(16)8-13(15)18/h7-8,10H,3-6,9H2,1-2H3,(H,19,20). The van der Waals surface area contributed by atoms with Crippen molar-refractivity contribution in [3.8, 4) is 5.75 Å². The van der Waals surface area contributed by atoms with Crippen molar-refractivity contribution in [1.29, 1.82) is 0 Å². The molecule has 0 aromatic heterocycles. The number of carbonyl (C=O) groups excluding carboxylic acids is 1. The Labute approximate surface area is 146 Å². The Morgan fingerprint density at radius 2 is 1.82 bits per heavy atom. The second-order valence-electron chi connectivity index (χ2n) is 5.13. The normalized spacial score (nSPS) is 10.8. The van der Waals surface area contributed by atoms with Crippen LogP contribution in [0, 0.1) is 5.92 Å². The van der Waals surface area contributed by atoms with Crippen LogP contribution in [0.3, 0.4) is 0 Å². The highest BCUT2D eigenvalue weighted by atomic mass is 35.5. The Hall–Kier alpha value is -0.680. The Bertz CT molecular complexity index is 472. The van der Waals surface area contributed by atoms with Crippen LogP contribution in [0.5, 0.6) is 5.75 Å². The van der Waals surface area contributed by atoms with Gasteiger partial charge in [0.25, 0.3) is 5.91 Å². The van der Waals surface area contributed by atoms with Crippen LogP contribution in [-0.2, 0) is 9.53 Å². The Morgan fingerprint density at radius 1 is 1.18 bits per heavy atom. The summed E-state index contributed by atoms with van der Waals surface area (Å²) in [5.41, 5.74) is 0. The number of hydrogen-bond acceptors (Lipinski definition) is 3. The molecule has 0 bridgehead atoms. The van der Waals surface area contributed by atoms with Crippen LogP contribution in [0.2, 0.25) is 15.1 Å². The van der Waals surface area contributed by atoms with Crippen molar-refractivity contribution in [2.24, 2.45) is 5.92 Å². The van der Waals surface area contributed by atoms with Gasteiger partial charge < -0.3 is 14.8 Å². The maximum absolute atomic E-state index is 11.6. The molecule has 0 fully saturated rings. The summed E-state index contributed by atoms with van der Waals surface area (Å²) in [4.78, 5) is 11.6. The van der Waals surface area contributed by atoms with E-state index in [4.69, 9.17) is 44.3 Å². The van der Waals surface area contributed by atoms with E-state index in [2.05, 4.69) is 19.2 Å². The van der Waals surface area contributed by atoms with Gasteiger partial charge in [0.1, 0.15) is 0 Å². The van der Waals surface area contributed by atoms with Crippen molar-refractivity contribution in [2.45, 2.75) is 20.3 Å². The van der Waals surface area contributed by atoms with Gasteiger partial charge in [-0.3, -0.25) is 4.79 Å². The molecule has 0 atom stereocenters. The second kappa shape index (κ2) is 10.2. The summed E-state index contributed by atoms with van der Waals surface area (Å²) < 4.78 is 10.7. The number of halogens is 3. The summed E-state index contributed by atoms with van der Waals surface area (Å²) >= 11 is 17.7. The summed E-state index contributed by atoms with van der Waals surface area (Å²) in [5, 5.41) is 3.63. The van der Waals surface area contributed by atoms with E-state index in [1.54, 1.807) is 0 Å². The second-order valence-corrected chi connectivity index (χ2v) is 6.38. The van der Waals surface area contributed by atoms with E-state index in [0.717, 1.165) is 6.42 Å². The number of rotatable bonds is 9. The molecule has 1 aromatic rings. The van der Waals surface area contributed by atoms with Crippen LogP contribution in [0.4, 0.5) is 0 Å². The number of nitrogens with one attached hydrogen (secondary N) is 1. The quantitative estimate of drug-likeness (QED) is 0.664. The smallest absolute Gasteiger partial charge is 0.258 e. The average Bonchev–Trinajstić information content (AvgIpc) is 2.41. The highest BCUT2D eigenvalue weighted by Gasteiger charge is 2.11. The van der Waals surface area contributed by atoms with E-state index in [9.17, 15) is 4.79 Å². The Balaban J connectivity index is 2.24. The summed E-state index contributed by atoms with van der Waals surface area (Å²) in [6.07, 6.45) is 1.00. The van der Waals surface area contributed by atoms with Crippen molar-refractivity contribution in [3.05, 3.63) is 27.2 Å². The zero-order valence-corrected chi connectivity index (χ0v) is 14.9. The maximum atomic E-state index is 11.6. The molecule has 0 saturated heterocycles. The first-order valence-corrected chi connectivity index (χ1v) is 8.15. The third-order valence-electron chi connectivity index (χ3n) is 2.72. The van der Waals surface area contributed by atoms with Gasteiger partial charge in [0.15, 0.2) is 12.4 Å². The predicted molar refractivity (Wildman–Crippen MR) is 90.3 cm³/mol. The van der Waals surface area contributed by atoms with E-state index in [1.807, 2.05) is 0 Å². The van der Waals surface area contributed by atoms with Crippen LogP contribution in [0.15, 0.2) is 12.1 Å². The number of amides is 1. The van der Waals surface area contributed by atoms with Crippen molar-refractivity contribution in [2.75, 3.05) is 26.4 Å². The minimum absolute atomic E-state index is 0.174. The molecule has 0 aliphatic heterocycles. The molecular formula is C15H20Cl3NO3. The van der Waals surface area contributed by atoms with E-state index >= 15 is 0 Å². The van der Waals surface area contributed by atoms with Crippen LogP contribution in [0.1, 0.15) is 20.3 Å². The lowest BCUT2D eigenvalue weighted by atomic mass is 10.1. The first-order chi connectivity index (χ1) is 10.4. The molecule has 1 aromatic carbocycles. The summed E-state index contributed by atoms with van der Waals surface area (Å²) in [6, 6.07) is 3.01. The molecule has 124 valence electrons. The molecule has 0 radical (unpaired) electrons. The molecular weight excluding hydrogens is 349 g/mol. The molecule has 4 nitrogen and oxygen atoms in total. The largest absolute Gasteiger partial charge is 0.481 e. The molecule has 7 heteroatoms. The highest BCUT2D eigenvalue weighted by Crippen LogP contribution is 2.35. The Kier molecular flexibility index (Phi) is 8.95. The first kappa shape index (κ1) is 19.4. The predicted octanol–water partition coefficient (Wildman–Crippen LogP) is 4.20. The lowest BCUT2D eigenvalue weighted by Crippen LogP contribution is -2.31. The van der Waals surface area contributed by atoms with Crippen LogP contribution >= 0.6 is 34.8 Å². The minimum Gasteiger partial charge on any atom is -0.481 e. The van der Waals surface area contributed by atoms with Gasteiger partial charge in [-0.25, -0.2) is 0 Å². The van der Waals surface area contributed by atoms with E-state index in [1.165, 1.54) is 12.1 Å².